The summed E-state index contributed by atoms with van der Waals surface area (Å²) < 4.78 is 0. The van der Waals surface area contributed by atoms with E-state index in [1.807, 2.05) is 48.5 Å². The fraction of sp³-hybridized carbons (Fsp3) is 0. The first kappa shape index (κ1) is 17.9. The van der Waals surface area contributed by atoms with Crippen LogP contribution < -0.4 is 16.0 Å². The van der Waals surface area contributed by atoms with Crippen molar-refractivity contribution < 1.29 is 4.79 Å². The van der Waals surface area contributed by atoms with E-state index in [0.29, 0.717) is 22.8 Å². The molecule has 0 unspecified atom stereocenters. The fourth-order valence-electron chi connectivity index (χ4n) is 2.85. The number of amides is 2. The maximum Gasteiger partial charge on any atom is 0.323 e. The van der Waals surface area contributed by atoms with Gasteiger partial charge in [-0.25, -0.2) is 14.8 Å². The van der Waals surface area contributed by atoms with E-state index < -0.39 is 6.03 Å². The Morgan fingerprint density at radius 1 is 0.828 bits per heavy atom. The van der Waals surface area contributed by atoms with Gasteiger partial charge in [0.15, 0.2) is 0 Å². The van der Waals surface area contributed by atoms with Crippen LogP contribution in [0.5, 0.6) is 0 Å². The SMILES string of the molecule is N#Cc1cccc(NC(=O)Nc2ccc3ncnc(Nc4ccccc4)c3c2)c1. The van der Waals surface area contributed by atoms with Gasteiger partial charge < -0.3 is 16.0 Å². The van der Waals surface area contributed by atoms with Crippen LogP contribution in [0.4, 0.5) is 27.7 Å². The van der Waals surface area contributed by atoms with Crippen LogP contribution in [-0.2, 0) is 0 Å². The van der Waals surface area contributed by atoms with Gasteiger partial charge in [0.05, 0.1) is 17.1 Å². The molecule has 4 rings (SSSR count). The Morgan fingerprint density at radius 2 is 1.59 bits per heavy atom. The molecule has 0 saturated carbocycles. The number of anilines is 4. The van der Waals surface area contributed by atoms with E-state index >= 15 is 0 Å². The molecule has 0 aliphatic heterocycles. The molecule has 0 fully saturated rings. The van der Waals surface area contributed by atoms with Gasteiger partial charge in [-0.1, -0.05) is 24.3 Å². The monoisotopic (exact) mass is 380 g/mol. The van der Waals surface area contributed by atoms with E-state index in [0.717, 1.165) is 16.6 Å². The molecule has 3 aromatic carbocycles. The van der Waals surface area contributed by atoms with Crippen LogP contribution in [0.1, 0.15) is 5.56 Å². The van der Waals surface area contributed by atoms with Gasteiger partial charge in [0.2, 0.25) is 0 Å². The smallest absolute Gasteiger partial charge is 0.323 e. The van der Waals surface area contributed by atoms with Crippen molar-refractivity contribution >= 4 is 39.8 Å². The number of nitrogens with zero attached hydrogens (tertiary/aromatic N) is 3. The molecule has 140 valence electrons. The summed E-state index contributed by atoms with van der Waals surface area (Å²) in [6.45, 7) is 0. The van der Waals surface area contributed by atoms with E-state index in [4.69, 9.17) is 5.26 Å². The second kappa shape index (κ2) is 8.06. The van der Waals surface area contributed by atoms with Crippen LogP contribution in [0.15, 0.2) is 79.1 Å². The molecular weight excluding hydrogens is 364 g/mol. The van der Waals surface area contributed by atoms with E-state index in [9.17, 15) is 4.79 Å². The summed E-state index contributed by atoms with van der Waals surface area (Å²) in [5.74, 6) is 0.645. The topological polar surface area (TPSA) is 103 Å². The number of nitriles is 1. The number of urea groups is 1. The standard InChI is InChI=1S/C22H16N6O/c23-13-15-5-4-8-17(11-15)27-22(29)28-18-9-10-20-19(12-18)21(25-14-24-20)26-16-6-2-1-3-7-16/h1-12,14H,(H,24,25,26)(H2,27,28,29). The van der Waals surface area contributed by atoms with Gasteiger partial charge in [-0.05, 0) is 48.5 Å². The van der Waals surface area contributed by atoms with Crippen LogP contribution >= 0.6 is 0 Å². The first-order chi connectivity index (χ1) is 14.2. The number of rotatable bonds is 4. The normalized spacial score (nSPS) is 10.2. The lowest BCUT2D eigenvalue weighted by molar-refractivity contribution is 0.262. The van der Waals surface area contributed by atoms with Crippen molar-refractivity contribution in [3.8, 4) is 6.07 Å². The van der Waals surface area contributed by atoms with Crippen LogP contribution in [0, 0.1) is 11.3 Å². The zero-order valence-corrected chi connectivity index (χ0v) is 15.3. The van der Waals surface area contributed by atoms with E-state index in [1.165, 1.54) is 6.33 Å². The first-order valence-electron chi connectivity index (χ1n) is 8.86. The summed E-state index contributed by atoms with van der Waals surface area (Å²) in [7, 11) is 0. The largest absolute Gasteiger partial charge is 0.340 e. The Bertz CT molecular complexity index is 1220. The maximum atomic E-state index is 12.3. The van der Waals surface area contributed by atoms with E-state index in [1.54, 1.807) is 30.3 Å². The number of hydrogen-bond acceptors (Lipinski definition) is 5. The highest BCUT2D eigenvalue weighted by molar-refractivity contribution is 6.02. The molecule has 1 aromatic heterocycles. The number of fused-ring (bicyclic) bond motifs is 1. The second-order valence-electron chi connectivity index (χ2n) is 6.22. The van der Waals surface area contributed by atoms with Gasteiger partial charge in [0.1, 0.15) is 12.1 Å². The van der Waals surface area contributed by atoms with E-state index in [2.05, 4.69) is 25.9 Å². The third-order valence-corrected chi connectivity index (χ3v) is 4.18. The Labute approximate surface area is 167 Å². The zero-order valence-electron chi connectivity index (χ0n) is 15.3. The summed E-state index contributed by atoms with van der Waals surface area (Å²) in [4.78, 5) is 21.0. The number of para-hydroxylation sites is 1. The molecule has 0 bridgehead atoms. The van der Waals surface area contributed by atoms with Gasteiger partial charge in [-0.15, -0.1) is 0 Å². The Balaban J connectivity index is 1.55. The van der Waals surface area contributed by atoms with Gasteiger partial charge in [-0.3, -0.25) is 0 Å². The van der Waals surface area contributed by atoms with Crippen LogP contribution in [0.25, 0.3) is 10.9 Å². The molecule has 0 radical (unpaired) electrons. The summed E-state index contributed by atoms with van der Waals surface area (Å²) in [5.41, 5.74) is 3.27. The highest BCUT2D eigenvalue weighted by Gasteiger charge is 2.08. The minimum Gasteiger partial charge on any atom is -0.340 e. The van der Waals surface area contributed by atoms with Crippen LogP contribution in [0.2, 0.25) is 0 Å². The molecule has 0 saturated heterocycles. The highest BCUT2D eigenvalue weighted by atomic mass is 16.2. The lowest BCUT2D eigenvalue weighted by atomic mass is 10.2. The summed E-state index contributed by atoms with van der Waals surface area (Å²) in [6, 6.07) is 23.4. The minimum atomic E-state index is -0.408. The molecule has 0 aliphatic rings. The van der Waals surface area contributed by atoms with E-state index in [-0.39, 0.29) is 0 Å². The molecule has 0 atom stereocenters. The quantitative estimate of drug-likeness (QED) is 0.468. The Morgan fingerprint density at radius 3 is 2.38 bits per heavy atom. The number of carbonyl (C=O) groups excluding carboxylic acids is 1. The maximum absolute atomic E-state index is 12.3. The number of carbonyl (C=O) groups is 1. The highest BCUT2D eigenvalue weighted by Crippen LogP contribution is 2.25. The molecular formula is C22H16N6O. The van der Waals surface area contributed by atoms with Gasteiger partial charge >= 0.3 is 6.03 Å². The average molecular weight is 380 g/mol. The molecule has 2 amide bonds. The number of benzene rings is 3. The average Bonchev–Trinajstić information content (AvgIpc) is 2.75. The summed E-state index contributed by atoms with van der Waals surface area (Å²) in [5, 5.41) is 18.5. The van der Waals surface area contributed by atoms with Gasteiger partial charge in [0.25, 0.3) is 0 Å². The van der Waals surface area contributed by atoms with Gasteiger partial charge in [0, 0.05) is 22.4 Å². The zero-order chi connectivity index (χ0) is 20.1. The van der Waals surface area contributed by atoms with Gasteiger partial charge in [-0.2, -0.15) is 5.26 Å². The lowest BCUT2D eigenvalue weighted by Crippen LogP contribution is -2.19. The lowest BCUT2D eigenvalue weighted by Gasteiger charge is -2.11. The Kier molecular flexibility index (Phi) is 4.99. The van der Waals surface area contributed by atoms with Crippen molar-refractivity contribution in [1.82, 2.24) is 9.97 Å². The Hall–Kier alpha value is -4.44. The van der Waals surface area contributed by atoms with Crippen molar-refractivity contribution in [2.75, 3.05) is 16.0 Å². The molecule has 0 spiro atoms. The van der Waals surface area contributed by atoms with Crippen LogP contribution in [0.3, 0.4) is 0 Å². The molecule has 3 N–H and O–H groups in total. The van der Waals surface area contributed by atoms with Crippen molar-refractivity contribution in [1.29, 1.82) is 5.26 Å². The second-order valence-corrected chi connectivity index (χ2v) is 6.22. The summed E-state index contributed by atoms with van der Waals surface area (Å²) >= 11 is 0. The third kappa shape index (κ3) is 4.28. The molecule has 1 heterocycles. The van der Waals surface area contributed by atoms with Crippen molar-refractivity contribution in [2.24, 2.45) is 0 Å². The molecule has 7 nitrogen and oxygen atoms in total. The molecule has 4 aromatic rings. The fourth-order valence-corrected chi connectivity index (χ4v) is 2.85. The molecule has 7 heteroatoms. The predicted octanol–water partition coefficient (Wildman–Crippen LogP) is 4.89. The first-order valence-corrected chi connectivity index (χ1v) is 8.86. The molecule has 0 aliphatic carbocycles. The van der Waals surface area contributed by atoms with Crippen molar-refractivity contribution in [2.45, 2.75) is 0 Å². The number of nitrogens with one attached hydrogen (secondary N) is 3. The third-order valence-electron chi connectivity index (χ3n) is 4.18. The molecule has 29 heavy (non-hydrogen) atoms. The number of hydrogen-bond donors (Lipinski definition) is 3. The number of aromatic nitrogens is 2. The summed E-state index contributed by atoms with van der Waals surface area (Å²) in [6.07, 6.45) is 1.50. The van der Waals surface area contributed by atoms with Crippen molar-refractivity contribution in [3.63, 3.8) is 0 Å². The minimum absolute atomic E-state index is 0.408. The predicted molar refractivity (Wildman–Crippen MR) is 113 cm³/mol. The van der Waals surface area contributed by atoms with Crippen LogP contribution in [-0.4, -0.2) is 16.0 Å². The van der Waals surface area contributed by atoms with Crippen molar-refractivity contribution in [3.05, 3.63) is 84.7 Å².